The van der Waals surface area contributed by atoms with Crippen LogP contribution in [0.4, 0.5) is 0 Å². The molecule has 0 aliphatic carbocycles. The van der Waals surface area contributed by atoms with Crippen LogP contribution in [0.15, 0.2) is 30.6 Å². The van der Waals surface area contributed by atoms with Crippen LogP contribution in [0, 0.1) is 0 Å². The number of aromatic nitrogens is 2. The smallest absolute Gasteiger partial charge is 0.322 e. The van der Waals surface area contributed by atoms with Crippen LogP contribution in [0.5, 0.6) is 17.5 Å². The molecular weight excluding hydrogens is 256 g/mol. The van der Waals surface area contributed by atoms with Crippen molar-refractivity contribution >= 4 is 11.6 Å². The Hall–Kier alpha value is -1.85. The molecule has 0 bridgehead atoms. The number of methoxy groups -OCH3 is 1. The molecule has 0 radical (unpaired) electrons. The first-order chi connectivity index (χ1) is 8.72. The molecule has 0 saturated heterocycles. The fourth-order valence-corrected chi connectivity index (χ4v) is 1.44. The molecule has 0 aliphatic heterocycles. The average molecular weight is 267 g/mol. The Bertz CT molecular complexity index is 531. The van der Waals surface area contributed by atoms with Crippen molar-refractivity contribution in [3.8, 4) is 17.5 Å². The van der Waals surface area contributed by atoms with Crippen LogP contribution < -0.4 is 9.47 Å². The number of hydrogen-bond acceptors (Lipinski definition) is 5. The second kappa shape index (κ2) is 5.66. The number of aliphatic hydroxyl groups excluding tert-OH is 1. The summed E-state index contributed by atoms with van der Waals surface area (Å²) in [4.78, 5) is 7.84. The average Bonchev–Trinajstić information content (AvgIpc) is 2.41. The lowest BCUT2D eigenvalue weighted by atomic mass is 10.2. The Balaban J connectivity index is 2.25. The molecule has 1 aromatic carbocycles. The van der Waals surface area contributed by atoms with Crippen LogP contribution in [0.2, 0.25) is 5.02 Å². The summed E-state index contributed by atoms with van der Waals surface area (Å²) < 4.78 is 10.6. The molecule has 0 atom stereocenters. The lowest BCUT2D eigenvalue weighted by Crippen LogP contribution is -1.95. The Morgan fingerprint density at radius 2 is 1.94 bits per heavy atom. The van der Waals surface area contributed by atoms with Crippen molar-refractivity contribution in [1.82, 2.24) is 9.97 Å². The van der Waals surface area contributed by atoms with Crippen LogP contribution in [0.3, 0.4) is 0 Å². The van der Waals surface area contributed by atoms with Gasteiger partial charge in [0.25, 0.3) is 0 Å². The third-order valence-corrected chi connectivity index (χ3v) is 2.40. The maximum Gasteiger partial charge on any atom is 0.322 e. The predicted octanol–water partition coefficient (Wildman–Crippen LogP) is 2.42. The van der Waals surface area contributed by atoms with E-state index in [1.165, 1.54) is 19.5 Å². The summed E-state index contributed by atoms with van der Waals surface area (Å²) in [5.41, 5.74) is 0.733. The van der Waals surface area contributed by atoms with E-state index >= 15 is 0 Å². The summed E-state index contributed by atoms with van der Waals surface area (Å²) in [7, 11) is 1.52. The molecule has 2 aromatic rings. The van der Waals surface area contributed by atoms with E-state index in [0.29, 0.717) is 16.5 Å². The highest BCUT2D eigenvalue weighted by atomic mass is 35.5. The molecule has 2 rings (SSSR count). The van der Waals surface area contributed by atoms with Crippen molar-refractivity contribution in [3.63, 3.8) is 0 Å². The first-order valence-electron chi connectivity index (χ1n) is 5.16. The van der Waals surface area contributed by atoms with Crippen LogP contribution >= 0.6 is 11.6 Å². The van der Waals surface area contributed by atoms with Gasteiger partial charge in [-0.25, -0.2) is 9.97 Å². The molecule has 6 heteroatoms. The normalized spacial score (nSPS) is 10.2. The van der Waals surface area contributed by atoms with Crippen LogP contribution in [0.25, 0.3) is 0 Å². The molecule has 18 heavy (non-hydrogen) atoms. The van der Waals surface area contributed by atoms with E-state index in [4.69, 9.17) is 26.2 Å². The summed E-state index contributed by atoms with van der Waals surface area (Å²) in [5, 5.41) is 9.47. The number of benzene rings is 1. The van der Waals surface area contributed by atoms with E-state index in [1.54, 1.807) is 18.2 Å². The highest BCUT2D eigenvalue weighted by molar-refractivity contribution is 6.30. The van der Waals surface area contributed by atoms with Gasteiger partial charge in [0.2, 0.25) is 0 Å². The maximum atomic E-state index is 9.03. The minimum Gasteiger partial charge on any atom is -0.493 e. The zero-order valence-electron chi connectivity index (χ0n) is 9.63. The fraction of sp³-hybridized carbons (Fsp3) is 0.167. The zero-order valence-corrected chi connectivity index (χ0v) is 10.4. The Kier molecular flexibility index (Phi) is 3.96. The van der Waals surface area contributed by atoms with E-state index in [1.807, 2.05) is 0 Å². The van der Waals surface area contributed by atoms with Gasteiger partial charge in [-0.3, -0.25) is 0 Å². The molecule has 0 saturated carbocycles. The second-order valence-electron chi connectivity index (χ2n) is 3.43. The van der Waals surface area contributed by atoms with Gasteiger partial charge in [-0.15, -0.1) is 0 Å². The summed E-state index contributed by atoms with van der Waals surface area (Å²) in [5.74, 6) is 0.970. The van der Waals surface area contributed by atoms with E-state index in [2.05, 4.69) is 9.97 Å². The summed E-state index contributed by atoms with van der Waals surface area (Å²) in [6.07, 6.45) is 2.89. The van der Waals surface area contributed by atoms with E-state index < -0.39 is 0 Å². The highest BCUT2D eigenvalue weighted by Gasteiger charge is 2.08. The first kappa shape index (κ1) is 12.6. The van der Waals surface area contributed by atoms with Gasteiger partial charge < -0.3 is 14.6 Å². The summed E-state index contributed by atoms with van der Waals surface area (Å²) >= 11 is 5.68. The molecule has 0 aliphatic rings. The fourth-order valence-electron chi connectivity index (χ4n) is 1.35. The molecule has 1 aromatic heterocycles. The Morgan fingerprint density at radius 1 is 1.22 bits per heavy atom. The van der Waals surface area contributed by atoms with Gasteiger partial charge in [0.05, 0.1) is 31.1 Å². The van der Waals surface area contributed by atoms with Crippen molar-refractivity contribution < 1.29 is 14.6 Å². The van der Waals surface area contributed by atoms with Crippen molar-refractivity contribution in [2.24, 2.45) is 0 Å². The van der Waals surface area contributed by atoms with Gasteiger partial charge in [-0.05, 0) is 17.7 Å². The van der Waals surface area contributed by atoms with E-state index in [9.17, 15) is 0 Å². The molecule has 0 amide bonds. The monoisotopic (exact) mass is 266 g/mol. The number of aliphatic hydroxyl groups is 1. The number of ether oxygens (including phenoxy) is 2. The van der Waals surface area contributed by atoms with Gasteiger partial charge in [-0.2, -0.15) is 0 Å². The van der Waals surface area contributed by atoms with Crippen molar-refractivity contribution in [2.75, 3.05) is 7.11 Å². The summed E-state index contributed by atoms with van der Waals surface area (Å²) in [6, 6.07) is 5.27. The molecule has 0 fully saturated rings. The number of nitrogens with zero attached hydrogens (tertiary/aromatic N) is 2. The number of rotatable bonds is 4. The molecular formula is C12H11ClN2O3. The van der Waals surface area contributed by atoms with Crippen LogP contribution in [-0.4, -0.2) is 22.2 Å². The lowest BCUT2D eigenvalue weighted by molar-refractivity contribution is 0.280. The third-order valence-electron chi connectivity index (χ3n) is 2.21. The van der Waals surface area contributed by atoms with Gasteiger partial charge in [-0.1, -0.05) is 17.7 Å². The van der Waals surface area contributed by atoms with Crippen molar-refractivity contribution in [2.45, 2.75) is 6.61 Å². The third kappa shape index (κ3) is 2.88. The Morgan fingerprint density at radius 3 is 2.56 bits per heavy atom. The lowest BCUT2D eigenvalue weighted by Gasteiger charge is -2.09. The van der Waals surface area contributed by atoms with Crippen molar-refractivity contribution in [1.29, 1.82) is 0 Å². The molecule has 1 heterocycles. The van der Waals surface area contributed by atoms with Gasteiger partial charge in [0, 0.05) is 0 Å². The minimum absolute atomic E-state index is 0.0614. The Labute approximate surface area is 109 Å². The second-order valence-corrected chi connectivity index (χ2v) is 3.87. The van der Waals surface area contributed by atoms with Gasteiger partial charge in [0.15, 0.2) is 11.5 Å². The van der Waals surface area contributed by atoms with Gasteiger partial charge in [0.1, 0.15) is 0 Å². The van der Waals surface area contributed by atoms with Crippen LogP contribution in [0.1, 0.15) is 5.56 Å². The molecule has 1 N–H and O–H groups in total. The molecule has 5 nitrogen and oxygen atoms in total. The minimum atomic E-state index is -0.0614. The highest BCUT2D eigenvalue weighted by Crippen LogP contribution is 2.30. The van der Waals surface area contributed by atoms with E-state index in [-0.39, 0.29) is 12.6 Å². The number of hydrogen-bond donors (Lipinski definition) is 1. The standard InChI is InChI=1S/C12H11ClN2O3/c1-17-11-4-8(7-16)2-3-10(11)18-12-14-5-9(13)6-15-12/h2-6,16H,7H2,1H3. The molecule has 94 valence electrons. The van der Waals surface area contributed by atoms with Crippen molar-refractivity contribution in [3.05, 3.63) is 41.2 Å². The molecule has 0 unspecified atom stereocenters. The van der Waals surface area contributed by atoms with Gasteiger partial charge >= 0.3 is 6.01 Å². The number of halogens is 1. The quantitative estimate of drug-likeness (QED) is 0.921. The SMILES string of the molecule is COc1cc(CO)ccc1Oc1ncc(Cl)cn1. The summed E-state index contributed by atoms with van der Waals surface area (Å²) in [6.45, 7) is -0.0614. The largest absolute Gasteiger partial charge is 0.493 e. The van der Waals surface area contributed by atoms with E-state index in [0.717, 1.165) is 5.56 Å². The molecule has 0 spiro atoms. The van der Waals surface area contributed by atoms with Crippen LogP contribution in [-0.2, 0) is 6.61 Å². The maximum absolute atomic E-state index is 9.03. The first-order valence-corrected chi connectivity index (χ1v) is 5.54. The zero-order chi connectivity index (χ0) is 13.0. The topological polar surface area (TPSA) is 64.5 Å². The predicted molar refractivity (Wildman–Crippen MR) is 66.0 cm³/mol.